The molecule has 0 amide bonds. The van der Waals surface area contributed by atoms with Gasteiger partial charge in [-0.25, -0.2) is 4.39 Å². The maximum Gasteiger partial charge on any atom is 0.272 e. The van der Waals surface area contributed by atoms with E-state index in [9.17, 15) is 19.6 Å². The number of halogens is 1. The number of nitro groups is 1. The Balaban J connectivity index is 2.18. The van der Waals surface area contributed by atoms with Gasteiger partial charge in [0.05, 0.1) is 17.6 Å². The van der Waals surface area contributed by atoms with Crippen molar-refractivity contribution in [2.75, 3.05) is 0 Å². The number of pyridine rings is 1. The molecule has 6 nitrogen and oxygen atoms in total. The molecule has 1 N–H and O–H groups in total. The highest BCUT2D eigenvalue weighted by Gasteiger charge is 2.11. The highest BCUT2D eigenvalue weighted by atomic mass is 19.1. The SMILES string of the molecule is Cc1ccc(OCc2cc(F)cc([N+](=O)[O-])c2)c(CO)n1. The maximum absolute atomic E-state index is 13.3. The Labute approximate surface area is 120 Å². The fourth-order valence-electron chi connectivity index (χ4n) is 1.83. The van der Waals surface area contributed by atoms with Crippen molar-refractivity contribution in [3.63, 3.8) is 0 Å². The standard InChI is InChI=1S/C14H13FN2O4/c1-9-2-3-14(13(7-18)16-9)21-8-10-4-11(15)6-12(5-10)17(19)20/h2-6,18H,7-8H2,1H3. The van der Waals surface area contributed by atoms with Crippen molar-refractivity contribution in [1.29, 1.82) is 0 Å². The zero-order valence-electron chi connectivity index (χ0n) is 11.2. The third-order valence-electron chi connectivity index (χ3n) is 2.77. The molecule has 1 aromatic heterocycles. The van der Waals surface area contributed by atoms with E-state index in [1.807, 2.05) is 0 Å². The summed E-state index contributed by atoms with van der Waals surface area (Å²) in [6.07, 6.45) is 0. The van der Waals surface area contributed by atoms with Crippen molar-refractivity contribution in [2.24, 2.45) is 0 Å². The summed E-state index contributed by atoms with van der Waals surface area (Å²) in [5, 5.41) is 19.9. The van der Waals surface area contributed by atoms with Crippen LogP contribution in [0, 0.1) is 22.9 Å². The van der Waals surface area contributed by atoms with Crippen LogP contribution in [0.25, 0.3) is 0 Å². The minimum absolute atomic E-state index is 0.0592. The summed E-state index contributed by atoms with van der Waals surface area (Å²) in [5.74, 6) is -0.345. The van der Waals surface area contributed by atoms with Gasteiger partial charge >= 0.3 is 0 Å². The van der Waals surface area contributed by atoms with Crippen molar-refractivity contribution in [2.45, 2.75) is 20.1 Å². The largest absolute Gasteiger partial charge is 0.487 e. The summed E-state index contributed by atoms with van der Waals surface area (Å²) in [6.45, 7) is 1.43. The Hall–Kier alpha value is -2.54. The van der Waals surface area contributed by atoms with E-state index >= 15 is 0 Å². The number of ether oxygens (including phenoxy) is 1. The molecule has 0 spiro atoms. The first-order chi connectivity index (χ1) is 9.99. The van der Waals surface area contributed by atoms with Crippen LogP contribution in [0.4, 0.5) is 10.1 Å². The molecule has 0 aliphatic heterocycles. The average molecular weight is 292 g/mol. The van der Waals surface area contributed by atoms with E-state index in [4.69, 9.17) is 4.74 Å². The monoisotopic (exact) mass is 292 g/mol. The number of rotatable bonds is 5. The molecule has 2 aromatic rings. The van der Waals surface area contributed by atoms with Crippen molar-refractivity contribution in [1.82, 2.24) is 4.98 Å². The van der Waals surface area contributed by atoms with E-state index in [1.165, 1.54) is 6.07 Å². The lowest BCUT2D eigenvalue weighted by Crippen LogP contribution is -2.02. The summed E-state index contributed by atoms with van der Waals surface area (Å²) in [4.78, 5) is 14.1. The van der Waals surface area contributed by atoms with E-state index in [0.29, 0.717) is 17.0 Å². The number of aromatic nitrogens is 1. The highest BCUT2D eigenvalue weighted by molar-refractivity contribution is 5.35. The summed E-state index contributed by atoms with van der Waals surface area (Å²) in [5.41, 5.74) is 1.08. The molecule has 2 rings (SSSR count). The molecule has 0 saturated heterocycles. The van der Waals surface area contributed by atoms with Crippen LogP contribution in [-0.2, 0) is 13.2 Å². The molecule has 0 aliphatic rings. The zero-order chi connectivity index (χ0) is 15.4. The highest BCUT2D eigenvalue weighted by Crippen LogP contribution is 2.21. The first-order valence-corrected chi connectivity index (χ1v) is 6.13. The quantitative estimate of drug-likeness (QED) is 0.676. The Bertz CT molecular complexity index is 676. The summed E-state index contributed by atoms with van der Waals surface area (Å²) >= 11 is 0. The Morgan fingerprint density at radius 3 is 2.81 bits per heavy atom. The van der Waals surface area contributed by atoms with Crippen molar-refractivity contribution in [3.8, 4) is 5.75 Å². The number of aryl methyl sites for hydroxylation is 1. The predicted molar refractivity (Wildman–Crippen MR) is 72.3 cm³/mol. The van der Waals surface area contributed by atoms with Crippen molar-refractivity contribution in [3.05, 3.63) is 63.2 Å². The van der Waals surface area contributed by atoms with Gasteiger partial charge in [-0.15, -0.1) is 0 Å². The molecule has 0 saturated carbocycles. The fraction of sp³-hybridized carbons (Fsp3) is 0.214. The number of hydrogen-bond acceptors (Lipinski definition) is 5. The van der Waals surface area contributed by atoms with Crippen LogP contribution < -0.4 is 4.74 Å². The third kappa shape index (κ3) is 3.73. The molecule has 110 valence electrons. The smallest absolute Gasteiger partial charge is 0.272 e. The van der Waals surface area contributed by atoms with Crippen LogP contribution in [-0.4, -0.2) is 15.0 Å². The molecule has 21 heavy (non-hydrogen) atoms. The fourth-order valence-corrected chi connectivity index (χ4v) is 1.83. The number of nitrogens with zero attached hydrogens (tertiary/aromatic N) is 2. The summed E-state index contributed by atoms with van der Waals surface area (Å²) < 4.78 is 18.7. The Kier molecular flexibility index (Phi) is 4.44. The molecule has 0 aliphatic carbocycles. The van der Waals surface area contributed by atoms with Gasteiger partial charge in [0.15, 0.2) is 0 Å². The molecule has 0 bridgehead atoms. The van der Waals surface area contributed by atoms with Crippen molar-refractivity contribution < 1.29 is 19.2 Å². The van der Waals surface area contributed by atoms with Crippen LogP contribution >= 0.6 is 0 Å². The lowest BCUT2D eigenvalue weighted by molar-refractivity contribution is -0.385. The zero-order valence-corrected chi connectivity index (χ0v) is 11.2. The van der Waals surface area contributed by atoms with E-state index < -0.39 is 10.7 Å². The van der Waals surface area contributed by atoms with E-state index in [-0.39, 0.29) is 18.9 Å². The second kappa shape index (κ2) is 6.27. The van der Waals surface area contributed by atoms with Gasteiger partial charge in [0, 0.05) is 11.8 Å². The van der Waals surface area contributed by atoms with Gasteiger partial charge in [0.25, 0.3) is 5.69 Å². The van der Waals surface area contributed by atoms with Crippen molar-refractivity contribution >= 4 is 5.69 Å². The average Bonchev–Trinajstić information content (AvgIpc) is 2.45. The van der Waals surface area contributed by atoms with E-state index in [0.717, 1.165) is 17.8 Å². The number of benzene rings is 1. The van der Waals surface area contributed by atoms with Crippen LogP contribution in [0.3, 0.4) is 0 Å². The molecular weight excluding hydrogens is 279 g/mol. The number of non-ortho nitro benzene ring substituents is 1. The molecule has 1 aromatic carbocycles. The second-order valence-electron chi connectivity index (χ2n) is 4.42. The maximum atomic E-state index is 13.3. The first-order valence-electron chi connectivity index (χ1n) is 6.13. The molecule has 0 atom stereocenters. The van der Waals surface area contributed by atoms with Gasteiger partial charge in [-0.2, -0.15) is 0 Å². The number of nitro benzene ring substituents is 1. The van der Waals surface area contributed by atoms with Gasteiger partial charge in [-0.3, -0.25) is 15.1 Å². The second-order valence-corrected chi connectivity index (χ2v) is 4.42. The lowest BCUT2D eigenvalue weighted by atomic mass is 10.2. The summed E-state index contributed by atoms with van der Waals surface area (Å²) in [6, 6.07) is 6.59. The normalized spacial score (nSPS) is 10.4. The Morgan fingerprint density at radius 1 is 1.38 bits per heavy atom. The molecule has 7 heteroatoms. The number of hydrogen-bond donors (Lipinski definition) is 1. The topological polar surface area (TPSA) is 85.5 Å². The van der Waals surface area contributed by atoms with Crippen LogP contribution in [0.1, 0.15) is 17.0 Å². The third-order valence-corrected chi connectivity index (χ3v) is 2.77. The molecule has 0 radical (unpaired) electrons. The minimum Gasteiger partial charge on any atom is -0.487 e. The first kappa shape index (κ1) is 14.9. The Morgan fingerprint density at radius 2 is 2.14 bits per heavy atom. The van der Waals surface area contributed by atoms with Crippen LogP contribution in [0.5, 0.6) is 5.75 Å². The van der Waals surface area contributed by atoms with Gasteiger partial charge in [0.2, 0.25) is 0 Å². The molecular formula is C14H13FN2O4. The van der Waals surface area contributed by atoms with Gasteiger partial charge < -0.3 is 9.84 Å². The van der Waals surface area contributed by atoms with Gasteiger partial charge in [-0.05, 0) is 30.7 Å². The van der Waals surface area contributed by atoms with Crippen LogP contribution in [0.15, 0.2) is 30.3 Å². The van der Waals surface area contributed by atoms with Gasteiger partial charge in [-0.1, -0.05) is 0 Å². The minimum atomic E-state index is -0.702. The molecule has 0 fully saturated rings. The van der Waals surface area contributed by atoms with E-state index in [1.54, 1.807) is 19.1 Å². The summed E-state index contributed by atoms with van der Waals surface area (Å²) in [7, 11) is 0. The molecule has 0 unspecified atom stereocenters. The molecule has 1 heterocycles. The predicted octanol–water partition coefficient (Wildman–Crippen LogP) is 2.51. The lowest BCUT2D eigenvalue weighted by Gasteiger charge is -2.10. The number of aliphatic hydroxyl groups is 1. The van der Waals surface area contributed by atoms with Crippen LogP contribution in [0.2, 0.25) is 0 Å². The number of aliphatic hydroxyl groups excluding tert-OH is 1. The van der Waals surface area contributed by atoms with E-state index in [2.05, 4.69) is 4.98 Å². The van der Waals surface area contributed by atoms with Gasteiger partial charge in [0.1, 0.15) is 23.9 Å².